The van der Waals surface area contributed by atoms with Gasteiger partial charge in [-0.1, -0.05) is 0 Å². The summed E-state index contributed by atoms with van der Waals surface area (Å²) in [6.07, 6.45) is 2.49. The number of nitrogens with zero attached hydrogens (tertiary/aromatic N) is 1. The van der Waals surface area contributed by atoms with E-state index < -0.39 is 0 Å². The van der Waals surface area contributed by atoms with Gasteiger partial charge in [0, 0.05) is 13.5 Å². The maximum Gasteiger partial charge on any atom is 0.234 e. The van der Waals surface area contributed by atoms with Crippen LogP contribution in [0.2, 0.25) is 0 Å². The molecule has 0 aliphatic heterocycles. The van der Waals surface area contributed by atoms with Crippen molar-refractivity contribution in [1.29, 1.82) is 0 Å². The topological polar surface area (TPSA) is 75.4 Å². The number of likely N-dealkylation sites (N-methyl/N-ethyl adjacent to an activating group) is 1. The molecule has 15 heavy (non-hydrogen) atoms. The number of nitrogens with two attached hydrogens (primary N) is 1. The molecule has 0 bridgehead atoms. The molecule has 0 aliphatic rings. The van der Waals surface area contributed by atoms with Crippen LogP contribution in [-0.2, 0) is 9.59 Å². The highest BCUT2D eigenvalue weighted by Gasteiger charge is 2.16. The Hall–Kier alpha value is -1.10. The van der Waals surface area contributed by atoms with Crippen LogP contribution >= 0.6 is 0 Å². The number of rotatable bonds is 7. The SMILES string of the molecule is CC(=O)NCCCCC(C(N)=O)[15N](C)C. The van der Waals surface area contributed by atoms with Crippen LogP contribution < -0.4 is 11.1 Å². The normalized spacial score (nSPS) is 12.5. The van der Waals surface area contributed by atoms with E-state index >= 15 is 0 Å². The van der Waals surface area contributed by atoms with Gasteiger partial charge in [-0.05, 0) is 33.4 Å². The minimum atomic E-state index is -0.292. The fraction of sp³-hybridized carbons (Fsp3) is 0.800. The first kappa shape index (κ1) is 13.9. The summed E-state index contributed by atoms with van der Waals surface area (Å²) in [5.74, 6) is -0.311. The van der Waals surface area contributed by atoms with Gasteiger partial charge >= 0.3 is 0 Å². The Bertz CT molecular complexity index is 217. The third-order valence-electron chi connectivity index (χ3n) is 2.23. The van der Waals surface area contributed by atoms with Gasteiger partial charge in [0.25, 0.3) is 0 Å². The lowest BCUT2D eigenvalue weighted by molar-refractivity contribution is -0.122. The van der Waals surface area contributed by atoms with Crippen LogP contribution in [0.1, 0.15) is 26.2 Å². The van der Waals surface area contributed by atoms with E-state index in [1.807, 2.05) is 19.0 Å². The van der Waals surface area contributed by atoms with Crippen LogP contribution in [0.4, 0.5) is 0 Å². The lowest BCUT2D eigenvalue weighted by atomic mass is 10.1. The molecule has 0 heterocycles. The lowest BCUT2D eigenvalue weighted by Gasteiger charge is -2.20. The average Bonchev–Trinajstić information content (AvgIpc) is 2.08. The number of unbranched alkanes of at least 4 members (excludes halogenated alkanes) is 1. The molecule has 0 spiro atoms. The summed E-state index contributed by atoms with van der Waals surface area (Å²) in [6.45, 7) is 2.15. The third kappa shape index (κ3) is 6.90. The van der Waals surface area contributed by atoms with Gasteiger partial charge in [-0.15, -0.1) is 0 Å². The molecule has 3 N–H and O–H groups in total. The van der Waals surface area contributed by atoms with Gasteiger partial charge in [-0.25, -0.2) is 0 Å². The molecule has 0 saturated carbocycles. The Kier molecular flexibility index (Phi) is 6.70. The Labute approximate surface area is 91.0 Å². The molecule has 0 saturated heterocycles. The van der Waals surface area contributed by atoms with E-state index in [1.54, 1.807) is 0 Å². The molecule has 1 atom stereocenters. The number of nitrogens with one attached hydrogen (secondary N) is 1. The summed E-state index contributed by atoms with van der Waals surface area (Å²) >= 11 is 0. The van der Waals surface area contributed by atoms with Gasteiger partial charge in [0.05, 0.1) is 6.04 Å². The maximum absolute atomic E-state index is 11.0. The van der Waals surface area contributed by atoms with E-state index in [0.29, 0.717) is 6.54 Å². The molecule has 0 radical (unpaired) electrons. The average molecular weight is 216 g/mol. The molecule has 0 rings (SSSR count). The predicted molar refractivity (Wildman–Crippen MR) is 59.2 cm³/mol. The predicted octanol–water partition coefficient (Wildman–Crippen LogP) is -0.292. The summed E-state index contributed by atoms with van der Waals surface area (Å²) in [5.41, 5.74) is 5.25. The lowest BCUT2D eigenvalue weighted by Crippen LogP contribution is -2.40. The fourth-order valence-electron chi connectivity index (χ4n) is 1.38. The van der Waals surface area contributed by atoms with E-state index in [2.05, 4.69) is 5.32 Å². The second kappa shape index (κ2) is 7.23. The minimum Gasteiger partial charge on any atom is -0.368 e. The van der Waals surface area contributed by atoms with E-state index in [1.165, 1.54) is 6.92 Å². The standard InChI is InChI=1S/C10H21N3O2/c1-8(14)12-7-5-4-6-9(10(11)15)13(2)3/h9H,4-7H2,1-3H3,(H2,11,15)(H,12,14)/i13+1. The highest BCUT2D eigenvalue weighted by molar-refractivity contribution is 5.79. The maximum atomic E-state index is 11.0. The number of hydrogen-bond acceptors (Lipinski definition) is 3. The molecule has 0 aromatic rings. The summed E-state index contributed by atoms with van der Waals surface area (Å²) in [4.78, 5) is 23.4. The molecule has 0 aromatic carbocycles. The fourth-order valence-corrected chi connectivity index (χ4v) is 1.38. The Morgan fingerprint density at radius 2 is 1.93 bits per heavy atom. The Morgan fingerprint density at radius 1 is 1.33 bits per heavy atom. The van der Waals surface area contributed by atoms with Crippen LogP contribution in [-0.4, -0.2) is 43.4 Å². The zero-order valence-corrected chi connectivity index (χ0v) is 9.75. The Morgan fingerprint density at radius 3 is 2.33 bits per heavy atom. The molecular weight excluding hydrogens is 195 g/mol. The molecule has 5 heteroatoms. The highest BCUT2D eigenvalue weighted by Crippen LogP contribution is 2.04. The second-order valence-electron chi connectivity index (χ2n) is 3.86. The van der Waals surface area contributed by atoms with Gasteiger partial charge in [-0.2, -0.15) is 0 Å². The van der Waals surface area contributed by atoms with E-state index in [9.17, 15) is 9.59 Å². The van der Waals surface area contributed by atoms with Gasteiger partial charge in [-0.3, -0.25) is 14.5 Å². The molecule has 5 nitrogen and oxygen atoms in total. The van der Waals surface area contributed by atoms with E-state index in [-0.39, 0.29) is 17.9 Å². The van der Waals surface area contributed by atoms with Crippen molar-refractivity contribution >= 4 is 11.8 Å². The van der Waals surface area contributed by atoms with Crippen LogP contribution in [0.15, 0.2) is 0 Å². The van der Waals surface area contributed by atoms with Crippen LogP contribution in [0.3, 0.4) is 0 Å². The summed E-state index contributed by atoms with van der Waals surface area (Å²) < 4.78 is 0. The van der Waals surface area contributed by atoms with Crippen molar-refractivity contribution in [2.75, 3.05) is 20.6 Å². The van der Waals surface area contributed by atoms with Crippen LogP contribution in [0.25, 0.3) is 0 Å². The quantitative estimate of drug-likeness (QED) is 0.453. The molecule has 0 aromatic heterocycles. The van der Waals surface area contributed by atoms with Crippen molar-refractivity contribution < 1.29 is 9.59 Å². The summed E-state index contributed by atoms with van der Waals surface area (Å²) in [5, 5.41) is 2.71. The van der Waals surface area contributed by atoms with Crippen LogP contribution in [0, 0.1) is 0 Å². The third-order valence-corrected chi connectivity index (χ3v) is 2.23. The van der Waals surface area contributed by atoms with Crippen molar-refractivity contribution in [1.82, 2.24) is 10.2 Å². The number of hydrogen-bond donors (Lipinski definition) is 2. The first-order valence-electron chi connectivity index (χ1n) is 5.15. The summed E-state index contributed by atoms with van der Waals surface area (Å²) in [6, 6.07) is -0.206. The van der Waals surface area contributed by atoms with E-state index in [4.69, 9.17) is 5.73 Å². The van der Waals surface area contributed by atoms with Crippen LogP contribution in [0.5, 0.6) is 0 Å². The number of amides is 2. The first-order chi connectivity index (χ1) is 6.95. The Balaban J connectivity index is 3.63. The number of carbonyl (C=O) groups is 2. The molecule has 0 fully saturated rings. The van der Waals surface area contributed by atoms with Crippen molar-refractivity contribution in [2.45, 2.75) is 32.2 Å². The smallest absolute Gasteiger partial charge is 0.234 e. The summed E-state index contributed by atoms with van der Waals surface area (Å²) in [7, 11) is 3.67. The van der Waals surface area contributed by atoms with Gasteiger partial charge in [0.15, 0.2) is 0 Å². The van der Waals surface area contributed by atoms with Crippen molar-refractivity contribution in [3.05, 3.63) is 0 Å². The molecular formula is C10H21N3O2. The van der Waals surface area contributed by atoms with Gasteiger partial charge in [0.2, 0.25) is 11.8 Å². The number of carbonyl (C=O) groups excluding carboxylic acids is 2. The number of primary amides is 1. The first-order valence-corrected chi connectivity index (χ1v) is 5.15. The molecule has 2 amide bonds. The van der Waals surface area contributed by atoms with E-state index in [0.717, 1.165) is 19.3 Å². The van der Waals surface area contributed by atoms with Crippen molar-refractivity contribution in [2.24, 2.45) is 5.73 Å². The largest absolute Gasteiger partial charge is 0.368 e. The molecule has 88 valence electrons. The van der Waals surface area contributed by atoms with Crippen molar-refractivity contribution in [3.8, 4) is 0 Å². The zero-order valence-electron chi connectivity index (χ0n) is 9.75. The zero-order chi connectivity index (χ0) is 11.8. The van der Waals surface area contributed by atoms with Gasteiger partial charge < -0.3 is 11.1 Å². The minimum absolute atomic E-state index is 0.0194. The second-order valence-corrected chi connectivity index (χ2v) is 3.86. The van der Waals surface area contributed by atoms with Gasteiger partial charge in [0.1, 0.15) is 0 Å². The molecule has 0 aliphatic carbocycles. The molecule has 1 unspecified atom stereocenters. The highest BCUT2D eigenvalue weighted by atomic mass is 16.2. The van der Waals surface area contributed by atoms with Crippen molar-refractivity contribution in [3.63, 3.8) is 0 Å². The monoisotopic (exact) mass is 216 g/mol.